The Labute approximate surface area is 213 Å². The van der Waals surface area contributed by atoms with Crippen molar-refractivity contribution in [2.75, 3.05) is 18.2 Å². The number of anilines is 1. The molecule has 0 bridgehead atoms. The number of aromatic carboxylic acids is 1. The van der Waals surface area contributed by atoms with E-state index in [1.54, 1.807) is 24.3 Å². The van der Waals surface area contributed by atoms with Crippen molar-refractivity contribution in [2.45, 2.75) is 84.8 Å². The Balaban J connectivity index is 1.96. The fraction of sp³-hybridized carbons (Fsp3) is 0.630. The molecule has 1 aromatic heterocycles. The fourth-order valence-corrected chi connectivity index (χ4v) is 6.44. The van der Waals surface area contributed by atoms with Gasteiger partial charge in [0.2, 0.25) is 5.91 Å². The maximum Gasteiger partial charge on any atom is 0.348 e. The van der Waals surface area contributed by atoms with Crippen LogP contribution in [-0.2, 0) is 13.9 Å². The smallest absolute Gasteiger partial charge is 0.348 e. The van der Waals surface area contributed by atoms with Crippen LogP contribution in [-0.4, -0.2) is 42.5 Å². The monoisotopic (exact) mass is 519 g/mol. The average Bonchev–Trinajstić information content (AvgIpc) is 3.17. The van der Waals surface area contributed by atoms with Gasteiger partial charge in [0.05, 0.1) is 16.7 Å². The molecule has 1 saturated carbocycles. The summed E-state index contributed by atoms with van der Waals surface area (Å²) in [5, 5.41) is 10.0. The lowest BCUT2D eigenvalue weighted by atomic mass is 9.86. The van der Waals surface area contributed by atoms with E-state index in [9.17, 15) is 19.3 Å². The number of hydrogen-bond donors (Lipinski definition) is 1. The number of thiophene rings is 1. The van der Waals surface area contributed by atoms with Crippen LogP contribution in [0.15, 0.2) is 17.7 Å². The predicted molar refractivity (Wildman–Crippen MR) is 143 cm³/mol. The van der Waals surface area contributed by atoms with Crippen molar-refractivity contribution >= 4 is 36.3 Å². The Kier molecular flexibility index (Phi) is 8.73. The van der Waals surface area contributed by atoms with E-state index in [0.717, 1.165) is 24.2 Å². The standard InChI is InChI=1S/C27H38NO5PS/c1-18-7-9-19(10-8-18)25(29)28(20-11-13-21(14-12-20)33-34(5,6)32)23-17-22(15-16-27(2,3)4)35-24(23)26(30)31/h7,17,19-21H,8-14H2,1-6H3,(H,30,31)/t19-,20-,21-/m1/s1. The van der Waals surface area contributed by atoms with Gasteiger partial charge >= 0.3 is 5.97 Å². The molecule has 1 amide bonds. The van der Waals surface area contributed by atoms with E-state index in [1.165, 1.54) is 5.57 Å². The number of carboxylic acids is 1. The van der Waals surface area contributed by atoms with Crippen LogP contribution in [0.1, 0.15) is 87.2 Å². The van der Waals surface area contributed by atoms with Gasteiger partial charge in [-0.25, -0.2) is 4.79 Å². The lowest BCUT2D eigenvalue weighted by Gasteiger charge is -2.39. The molecule has 0 aliphatic heterocycles. The second-order valence-corrected chi connectivity index (χ2v) is 14.9. The summed E-state index contributed by atoms with van der Waals surface area (Å²) < 4.78 is 17.9. The van der Waals surface area contributed by atoms with E-state index in [0.29, 0.717) is 42.7 Å². The highest BCUT2D eigenvalue weighted by Crippen LogP contribution is 2.44. The summed E-state index contributed by atoms with van der Waals surface area (Å²) in [7, 11) is -2.60. The Morgan fingerprint density at radius 3 is 2.34 bits per heavy atom. The lowest BCUT2D eigenvalue weighted by Crippen LogP contribution is -2.46. The van der Waals surface area contributed by atoms with Gasteiger partial charge in [0, 0.05) is 30.7 Å². The van der Waals surface area contributed by atoms with E-state index in [-0.39, 0.29) is 34.3 Å². The minimum atomic E-state index is -2.60. The van der Waals surface area contributed by atoms with Gasteiger partial charge in [-0.1, -0.05) is 23.5 Å². The molecule has 2 aliphatic rings. The summed E-state index contributed by atoms with van der Waals surface area (Å²) in [5.41, 5.74) is 1.53. The van der Waals surface area contributed by atoms with Crippen LogP contribution in [0.25, 0.3) is 0 Å². The molecule has 0 unspecified atom stereocenters. The number of nitrogens with zero attached hydrogens (tertiary/aromatic N) is 1. The summed E-state index contributed by atoms with van der Waals surface area (Å²) in [6.07, 6.45) is 7.09. The first kappa shape index (κ1) is 27.7. The number of hydrogen-bond acceptors (Lipinski definition) is 5. The Hall–Kier alpha value is -1.87. The van der Waals surface area contributed by atoms with Crippen molar-refractivity contribution in [1.82, 2.24) is 0 Å². The molecule has 2 aliphatic carbocycles. The van der Waals surface area contributed by atoms with Gasteiger partial charge in [-0.05, 0) is 78.7 Å². The first-order chi connectivity index (χ1) is 16.2. The van der Waals surface area contributed by atoms with Gasteiger partial charge < -0.3 is 14.5 Å². The van der Waals surface area contributed by atoms with E-state index in [1.807, 2.05) is 20.8 Å². The molecule has 0 saturated heterocycles. The Bertz CT molecular complexity index is 1090. The maximum absolute atomic E-state index is 13.9. The average molecular weight is 520 g/mol. The molecule has 192 valence electrons. The van der Waals surface area contributed by atoms with Crippen molar-refractivity contribution in [3.63, 3.8) is 0 Å². The molecule has 1 N–H and O–H groups in total. The highest BCUT2D eigenvalue weighted by atomic mass is 32.1. The molecule has 1 fully saturated rings. The predicted octanol–water partition coefficient (Wildman–Crippen LogP) is 6.79. The molecule has 0 spiro atoms. The summed E-state index contributed by atoms with van der Waals surface area (Å²) in [5.74, 6) is 5.08. The zero-order valence-electron chi connectivity index (χ0n) is 21.7. The summed E-state index contributed by atoms with van der Waals surface area (Å²) >= 11 is 1.13. The van der Waals surface area contributed by atoms with E-state index in [4.69, 9.17) is 4.52 Å². The zero-order valence-corrected chi connectivity index (χ0v) is 23.4. The lowest BCUT2D eigenvalue weighted by molar-refractivity contribution is -0.123. The van der Waals surface area contributed by atoms with Crippen LogP contribution in [0.3, 0.4) is 0 Å². The number of carbonyl (C=O) groups excluding carboxylic acids is 1. The second-order valence-electron chi connectivity index (χ2n) is 11.1. The molecule has 0 radical (unpaired) electrons. The van der Waals surface area contributed by atoms with Crippen molar-refractivity contribution < 1.29 is 23.8 Å². The van der Waals surface area contributed by atoms with Crippen LogP contribution in [0.5, 0.6) is 0 Å². The van der Waals surface area contributed by atoms with Crippen molar-refractivity contribution in [2.24, 2.45) is 11.3 Å². The first-order valence-electron chi connectivity index (χ1n) is 12.4. The van der Waals surface area contributed by atoms with E-state index >= 15 is 0 Å². The van der Waals surface area contributed by atoms with Crippen LogP contribution in [0.4, 0.5) is 5.69 Å². The van der Waals surface area contributed by atoms with Gasteiger partial charge in [-0.15, -0.1) is 11.3 Å². The third-order valence-corrected chi connectivity index (χ3v) is 8.20. The van der Waals surface area contributed by atoms with Gasteiger partial charge in [0.15, 0.2) is 7.37 Å². The van der Waals surface area contributed by atoms with Gasteiger partial charge in [0.1, 0.15) is 4.88 Å². The molecule has 1 aromatic rings. The summed E-state index contributed by atoms with van der Waals surface area (Å²) in [4.78, 5) is 28.7. The molecule has 1 atom stereocenters. The molecule has 35 heavy (non-hydrogen) atoms. The van der Waals surface area contributed by atoms with Gasteiger partial charge in [0.25, 0.3) is 0 Å². The van der Waals surface area contributed by atoms with Crippen LogP contribution < -0.4 is 4.90 Å². The quantitative estimate of drug-likeness (QED) is 0.254. The fourth-order valence-electron chi connectivity index (χ4n) is 4.67. The molecular formula is C27H38NO5PS. The molecule has 3 rings (SSSR count). The highest BCUT2D eigenvalue weighted by molar-refractivity contribution is 7.57. The second kappa shape index (κ2) is 11.0. The van der Waals surface area contributed by atoms with Gasteiger partial charge in [-0.2, -0.15) is 0 Å². The van der Waals surface area contributed by atoms with E-state index < -0.39 is 13.3 Å². The molecule has 6 nitrogen and oxygen atoms in total. The topological polar surface area (TPSA) is 83.9 Å². The minimum Gasteiger partial charge on any atom is -0.477 e. The number of amides is 1. The number of rotatable bonds is 6. The van der Waals surface area contributed by atoms with Crippen LogP contribution in [0.2, 0.25) is 0 Å². The SMILES string of the molecule is CC1=CC[C@@H](C(=O)N(c2cc(C#CC(C)(C)C)sc2C(=O)O)[C@H]2CC[C@H](OP(C)(C)=O)CC2)CC1. The zero-order chi connectivity index (χ0) is 26.0. The van der Waals surface area contributed by atoms with Crippen LogP contribution in [0, 0.1) is 23.2 Å². The first-order valence-corrected chi connectivity index (χ1v) is 15.7. The minimum absolute atomic E-state index is 0.00889. The van der Waals surface area contributed by atoms with Crippen molar-refractivity contribution in [3.8, 4) is 11.8 Å². The molecular weight excluding hydrogens is 481 g/mol. The molecule has 0 aromatic carbocycles. The van der Waals surface area contributed by atoms with Gasteiger partial charge in [-0.3, -0.25) is 9.36 Å². The maximum atomic E-state index is 13.9. The number of carboxylic acid groups (broad SMARTS) is 1. The number of carbonyl (C=O) groups is 2. The number of allylic oxidation sites excluding steroid dienone is 2. The Morgan fingerprint density at radius 1 is 1.17 bits per heavy atom. The summed E-state index contributed by atoms with van der Waals surface area (Å²) in [6, 6.07) is 1.65. The third-order valence-electron chi connectivity index (χ3n) is 6.36. The Morgan fingerprint density at radius 2 is 1.83 bits per heavy atom. The molecule has 8 heteroatoms. The highest BCUT2D eigenvalue weighted by Gasteiger charge is 2.37. The van der Waals surface area contributed by atoms with Crippen molar-refractivity contribution in [1.29, 1.82) is 0 Å². The van der Waals surface area contributed by atoms with Crippen LogP contribution >= 0.6 is 18.7 Å². The van der Waals surface area contributed by atoms with Crippen molar-refractivity contribution in [3.05, 3.63) is 27.5 Å². The third kappa shape index (κ3) is 7.81. The normalized spacial score (nSPS) is 23.1. The largest absolute Gasteiger partial charge is 0.477 e. The molecule has 1 heterocycles. The van der Waals surface area contributed by atoms with E-state index in [2.05, 4.69) is 24.8 Å². The summed E-state index contributed by atoms with van der Waals surface area (Å²) in [6.45, 7) is 11.4.